The van der Waals surface area contributed by atoms with Crippen molar-refractivity contribution in [2.24, 2.45) is 0 Å². The second-order valence-corrected chi connectivity index (χ2v) is 8.50. The van der Waals surface area contributed by atoms with E-state index in [1.165, 1.54) is 0 Å². The molecule has 1 amide bonds. The molecule has 2 aromatic carbocycles. The van der Waals surface area contributed by atoms with E-state index in [0.717, 1.165) is 51.6 Å². The van der Waals surface area contributed by atoms with Crippen LogP contribution in [0, 0.1) is 20.8 Å². The highest BCUT2D eigenvalue weighted by molar-refractivity contribution is 5.94. The molecule has 1 aliphatic heterocycles. The summed E-state index contributed by atoms with van der Waals surface area (Å²) in [6, 6.07) is 19.7. The first-order chi connectivity index (χ1) is 16.0. The number of rotatable bonds is 5. The molecule has 0 fully saturated rings. The minimum absolute atomic E-state index is 0.108. The summed E-state index contributed by atoms with van der Waals surface area (Å²) >= 11 is 0. The van der Waals surface area contributed by atoms with E-state index in [1.807, 2.05) is 67.1 Å². The van der Waals surface area contributed by atoms with Gasteiger partial charge in [-0.2, -0.15) is 5.10 Å². The molecule has 0 spiro atoms. The third-order valence-electron chi connectivity index (χ3n) is 5.97. The molecule has 0 radical (unpaired) electrons. The average molecular weight is 439 g/mol. The standard InChI is InChI=1S/C27H26N4O2/c1-17-6-5-13-28-25(17)24-8-4-7-21-15-23(33-26(21)24)16-29-27(32)20-9-11-22(12-10-20)31-19(3)14-18(2)30-31/h4-14,23H,15-16H2,1-3H3,(H,29,32). The van der Waals surface area contributed by atoms with E-state index in [9.17, 15) is 4.79 Å². The number of carbonyl (C=O) groups excluding carboxylic acids is 1. The molecular formula is C27H26N4O2. The van der Waals surface area contributed by atoms with Gasteiger partial charge in [0.15, 0.2) is 0 Å². The van der Waals surface area contributed by atoms with E-state index >= 15 is 0 Å². The molecule has 3 heterocycles. The summed E-state index contributed by atoms with van der Waals surface area (Å²) in [6.07, 6.45) is 2.45. The van der Waals surface area contributed by atoms with Crippen LogP contribution in [-0.2, 0) is 6.42 Å². The number of benzene rings is 2. The Hall–Kier alpha value is -3.93. The molecule has 166 valence electrons. The van der Waals surface area contributed by atoms with Crippen LogP contribution in [0.5, 0.6) is 5.75 Å². The average Bonchev–Trinajstić information content (AvgIpc) is 3.39. The number of pyridine rings is 1. The minimum atomic E-state index is -0.115. The zero-order valence-corrected chi connectivity index (χ0v) is 19.0. The lowest BCUT2D eigenvalue weighted by atomic mass is 10.0. The molecule has 1 aliphatic rings. The summed E-state index contributed by atoms with van der Waals surface area (Å²) in [4.78, 5) is 17.3. The van der Waals surface area contributed by atoms with Crippen LogP contribution in [0.25, 0.3) is 16.9 Å². The number of carbonyl (C=O) groups is 1. The predicted octanol–water partition coefficient (Wildman–Crippen LogP) is 4.59. The van der Waals surface area contributed by atoms with E-state index in [1.54, 1.807) is 6.20 Å². The lowest BCUT2D eigenvalue weighted by Crippen LogP contribution is -2.34. The van der Waals surface area contributed by atoms with Gasteiger partial charge < -0.3 is 10.1 Å². The first kappa shape index (κ1) is 20.9. The monoisotopic (exact) mass is 438 g/mol. The zero-order chi connectivity index (χ0) is 22.9. The quantitative estimate of drug-likeness (QED) is 0.495. The van der Waals surface area contributed by atoms with Crippen molar-refractivity contribution in [1.29, 1.82) is 0 Å². The van der Waals surface area contributed by atoms with Gasteiger partial charge in [-0.15, -0.1) is 0 Å². The Labute approximate surface area is 193 Å². The lowest BCUT2D eigenvalue weighted by molar-refractivity contribution is 0.0933. The Morgan fingerprint density at radius 1 is 1.09 bits per heavy atom. The van der Waals surface area contributed by atoms with E-state index < -0.39 is 0 Å². The van der Waals surface area contributed by atoms with Crippen LogP contribution in [0.3, 0.4) is 0 Å². The van der Waals surface area contributed by atoms with E-state index in [-0.39, 0.29) is 12.0 Å². The van der Waals surface area contributed by atoms with Crippen LogP contribution in [0.4, 0.5) is 0 Å². The van der Waals surface area contributed by atoms with Crippen molar-refractivity contribution in [2.45, 2.75) is 33.3 Å². The van der Waals surface area contributed by atoms with Gasteiger partial charge >= 0.3 is 0 Å². The number of nitrogens with zero attached hydrogens (tertiary/aromatic N) is 3. The summed E-state index contributed by atoms with van der Waals surface area (Å²) < 4.78 is 8.14. The van der Waals surface area contributed by atoms with Crippen LogP contribution in [0.15, 0.2) is 66.9 Å². The molecule has 33 heavy (non-hydrogen) atoms. The SMILES string of the molecule is Cc1cc(C)n(-c2ccc(C(=O)NCC3Cc4cccc(-c5ncccc5C)c4O3)cc2)n1. The van der Waals surface area contributed by atoms with E-state index in [4.69, 9.17) is 4.74 Å². The van der Waals surface area contributed by atoms with Gasteiger partial charge in [-0.05, 0) is 74.4 Å². The van der Waals surface area contributed by atoms with E-state index in [0.29, 0.717) is 12.1 Å². The van der Waals surface area contributed by atoms with Gasteiger partial charge in [-0.25, -0.2) is 4.68 Å². The second-order valence-electron chi connectivity index (χ2n) is 8.50. The van der Waals surface area contributed by atoms with Crippen molar-refractivity contribution < 1.29 is 9.53 Å². The summed E-state index contributed by atoms with van der Waals surface area (Å²) in [7, 11) is 0. The summed E-state index contributed by atoms with van der Waals surface area (Å²) in [5.41, 5.74) is 7.75. The van der Waals surface area contributed by atoms with Crippen molar-refractivity contribution in [1.82, 2.24) is 20.1 Å². The number of ether oxygens (including phenoxy) is 1. The van der Waals surface area contributed by atoms with Crippen LogP contribution in [0.1, 0.15) is 32.9 Å². The number of fused-ring (bicyclic) bond motifs is 1. The third-order valence-corrected chi connectivity index (χ3v) is 5.97. The first-order valence-corrected chi connectivity index (χ1v) is 11.1. The molecule has 0 saturated carbocycles. The van der Waals surface area contributed by atoms with Crippen molar-refractivity contribution >= 4 is 5.91 Å². The van der Waals surface area contributed by atoms with Crippen molar-refractivity contribution in [3.05, 3.63) is 94.9 Å². The lowest BCUT2D eigenvalue weighted by Gasteiger charge is -2.14. The fraction of sp³-hybridized carbons (Fsp3) is 0.222. The van der Waals surface area contributed by atoms with Gasteiger partial charge in [-0.3, -0.25) is 9.78 Å². The number of hydrogen-bond acceptors (Lipinski definition) is 4. The molecular weight excluding hydrogens is 412 g/mol. The maximum absolute atomic E-state index is 12.7. The van der Waals surface area contributed by atoms with Crippen LogP contribution in [-0.4, -0.2) is 33.3 Å². The van der Waals surface area contributed by atoms with Crippen molar-refractivity contribution in [3.63, 3.8) is 0 Å². The van der Waals surface area contributed by atoms with Gasteiger partial charge in [0.1, 0.15) is 11.9 Å². The summed E-state index contributed by atoms with van der Waals surface area (Å²) in [5.74, 6) is 0.753. The molecule has 1 unspecified atom stereocenters. The first-order valence-electron chi connectivity index (χ1n) is 11.1. The Morgan fingerprint density at radius 3 is 2.64 bits per heavy atom. The Balaban J connectivity index is 1.25. The Kier molecular flexibility index (Phi) is 5.42. The minimum Gasteiger partial charge on any atom is -0.487 e. The molecule has 2 aromatic heterocycles. The summed E-state index contributed by atoms with van der Waals surface area (Å²) in [6.45, 7) is 6.47. The highest BCUT2D eigenvalue weighted by Gasteiger charge is 2.27. The molecule has 0 bridgehead atoms. The fourth-order valence-electron chi connectivity index (χ4n) is 4.36. The number of hydrogen-bond donors (Lipinski definition) is 1. The van der Waals surface area contributed by atoms with Gasteiger partial charge in [0.25, 0.3) is 5.91 Å². The third kappa shape index (κ3) is 4.12. The second kappa shape index (κ2) is 8.54. The van der Waals surface area contributed by atoms with Gasteiger partial charge in [0.2, 0.25) is 0 Å². The largest absolute Gasteiger partial charge is 0.487 e. The van der Waals surface area contributed by atoms with Crippen molar-refractivity contribution in [2.75, 3.05) is 6.54 Å². The van der Waals surface area contributed by atoms with Crippen molar-refractivity contribution in [3.8, 4) is 22.7 Å². The van der Waals surface area contributed by atoms with E-state index in [2.05, 4.69) is 34.5 Å². The normalized spacial score (nSPS) is 14.6. The molecule has 5 rings (SSSR count). The van der Waals surface area contributed by atoms with Crippen LogP contribution >= 0.6 is 0 Å². The zero-order valence-electron chi connectivity index (χ0n) is 19.0. The highest BCUT2D eigenvalue weighted by atomic mass is 16.5. The molecule has 6 nitrogen and oxygen atoms in total. The van der Waals surface area contributed by atoms with Gasteiger partial charge in [-0.1, -0.05) is 18.2 Å². The van der Waals surface area contributed by atoms with Crippen LogP contribution < -0.4 is 10.1 Å². The molecule has 0 saturated heterocycles. The number of para-hydroxylation sites is 1. The maximum Gasteiger partial charge on any atom is 0.251 e. The molecule has 0 aliphatic carbocycles. The maximum atomic E-state index is 12.7. The topological polar surface area (TPSA) is 69.0 Å². The fourth-order valence-corrected chi connectivity index (χ4v) is 4.36. The number of aromatic nitrogens is 3. The Bertz CT molecular complexity index is 1320. The predicted molar refractivity (Wildman–Crippen MR) is 128 cm³/mol. The number of aryl methyl sites for hydroxylation is 3. The van der Waals surface area contributed by atoms with Gasteiger partial charge in [0.05, 0.1) is 23.6 Å². The van der Waals surface area contributed by atoms with Crippen LogP contribution in [0.2, 0.25) is 0 Å². The smallest absolute Gasteiger partial charge is 0.251 e. The molecule has 1 atom stereocenters. The Morgan fingerprint density at radius 2 is 1.91 bits per heavy atom. The van der Waals surface area contributed by atoms with Gasteiger partial charge in [0, 0.05) is 29.4 Å². The molecule has 6 heteroatoms. The molecule has 1 N–H and O–H groups in total. The number of amides is 1. The highest BCUT2D eigenvalue weighted by Crippen LogP contribution is 2.38. The summed E-state index contributed by atoms with van der Waals surface area (Å²) in [5, 5.41) is 7.51. The number of nitrogens with one attached hydrogen (secondary N) is 1. The molecule has 4 aromatic rings.